The molecule has 19 heavy (non-hydrogen) atoms. The van der Waals surface area contributed by atoms with Gasteiger partial charge in [0.15, 0.2) is 5.30 Å². The molecule has 0 aliphatic heterocycles. The lowest BCUT2D eigenvalue weighted by Crippen LogP contribution is -2.19. The van der Waals surface area contributed by atoms with Gasteiger partial charge in [0.2, 0.25) is 5.30 Å². The minimum Gasteiger partial charge on any atom is -0.374 e. The summed E-state index contributed by atoms with van der Waals surface area (Å²) >= 11 is 0. The molecular weight excluding hydrogens is 253 g/mol. The van der Waals surface area contributed by atoms with Crippen molar-refractivity contribution in [1.29, 1.82) is 0 Å². The van der Waals surface area contributed by atoms with Crippen LogP contribution in [0.4, 0.5) is 5.69 Å². The first-order chi connectivity index (χ1) is 8.59. The van der Waals surface area contributed by atoms with Crippen LogP contribution in [-0.2, 0) is 4.57 Å². The summed E-state index contributed by atoms with van der Waals surface area (Å²) < 4.78 is 12.6. The van der Waals surface area contributed by atoms with Gasteiger partial charge < -0.3 is 4.90 Å². The van der Waals surface area contributed by atoms with Gasteiger partial charge in [0.1, 0.15) is 0 Å². The van der Waals surface area contributed by atoms with Crippen molar-refractivity contribution in [3.8, 4) is 0 Å². The molecule has 0 aliphatic carbocycles. The first-order valence-electron chi connectivity index (χ1n) is 5.90. The molecule has 0 heterocycles. The molecule has 2 nitrogen and oxygen atoms in total. The quantitative estimate of drug-likeness (QED) is 0.799. The largest absolute Gasteiger partial charge is 0.417 e. The maximum Gasteiger partial charge on any atom is 0.417 e. The fraction of sp³-hybridized carbons (Fsp3) is 0.250. The van der Waals surface area contributed by atoms with Crippen LogP contribution in [0.5, 0.6) is 0 Å². The highest BCUT2D eigenvalue weighted by molar-refractivity contribution is 7.61. The van der Waals surface area contributed by atoms with E-state index in [4.69, 9.17) is 0 Å². The van der Waals surface area contributed by atoms with Crippen LogP contribution in [0, 0.1) is 6.92 Å². The van der Waals surface area contributed by atoms with Crippen molar-refractivity contribution in [2.24, 2.45) is 0 Å². The molecule has 1 unspecified atom stereocenters. The maximum absolute atomic E-state index is 12.6. The highest BCUT2D eigenvalue weighted by Gasteiger charge is 2.27. The molecule has 0 saturated carbocycles. The Morgan fingerprint density at radius 3 is 2.21 bits per heavy atom. The second-order valence-electron chi connectivity index (χ2n) is 4.52. The minimum absolute atomic E-state index is 0. The average molecular weight is 274 g/mol. The lowest BCUT2D eigenvalue weighted by atomic mass is 10.2. The molecule has 0 saturated heterocycles. The van der Waals surface area contributed by atoms with E-state index in [-0.39, 0.29) is 7.43 Å². The first kappa shape index (κ1) is 15.4. The molecule has 2 rings (SSSR count). The third-order valence-corrected chi connectivity index (χ3v) is 4.39. The predicted octanol–water partition coefficient (Wildman–Crippen LogP) is 3.48. The Hall–Kier alpha value is -1.66. The Labute approximate surface area is 116 Å². The van der Waals surface area contributed by atoms with Crippen molar-refractivity contribution in [3.63, 3.8) is 0 Å². The van der Waals surface area contributed by atoms with Gasteiger partial charge in [-0.05, 0) is 36.8 Å². The van der Waals surface area contributed by atoms with Gasteiger partial charge in [-0.1, -0.05) is 36.3 Å². The number of rotatable bonds is 3. The number of nitrogens with zero attached hydrogens (tertiary/aromatic N) is 1. The molecule has 100 valence electrons. The number of hydrogen-bond acceptors (Lipinski definition) is 2. The second-order valence-corrected chi connectivity index (χ2v) is 6.10. The summed E-state index contributed by atoms with van der Waals surface area (Å²) in [5.74, 6) is 0. The maximum atomic E-state index is 12.6. The molecule has 2 aromatic rings. The van der Waals surface area contributed by atoms with Gasteiger partial charge in [0.05, 0.1) is 5.69 Å². The van der Waals surface area contributed by atoms with Crippen LogP contribution in [0.1, 0.15) is 13.0 Å². The predicted molar refractivity (Wildman–Crippen MR) is 85.6 cm³/mol. The van der Waals surface area contributed by atoms with Gasteiger partial charge in [-0.25, -0.2) is 0 Å². The summed E-state index contributed by atoms with van der Waals surface area (Å²) in [5.41, 5.74) is 2.15. The second kappa shape index (κ2) is 6.49. The summed E-state index contributed by atoms with van der Waals surface area (Å²) in [6.07, 6.45) is 0. The number of aryl methyl sites for hydroxylation is 1. The molecule has 0 radical (unpaired) electrons. The van der Waals surface area contributed by atoms with E-state index >= 15 is 0 Å². The normalized spacial score (nSPS) is 10.6. The van der Waals surface area contributed by atoms with Crippen molar-refractivity contribution in [1.82, 2.24) is 0 Å². The van der Waals surface area contributed by atoms with E-state index in [1.807, 2.05) is 74.4 Å². The Balaban J connectivity index is 0.00000180. The van der Waals surface area contributed by atoms with E-state index in [1.165, 1.54) is 0 Å². The van der Waals surface area contributed by atoms with Gasteiger partial charge in [0.25, 0.3) is 0 Å². The summed E-state index contributed by atoms with van der Waals surface area (Å²) in [4.78, 5) is 2.00. The zero-order valence-corrected chi connectivity index (χ0v) is 11.8. The molecule has 0 N–H and O–H groups in total. The smallest absolute Gasteiger partial charge is 0.374 e. The van der Waals surface area contributed by atoms with E-state index in [9.17, 15) is 4.57 Å². The van der Waals surface area contributed by atoms with E-state index < -0.39 is 7.80 Å². The van der Waals surface area contributed by atoms with Gasteiger partial charge in [-0.3, -0.25) is 0 Å². The van der Waals surface area contributed by atoms with E-state index in [0.29, 0.717) is 0 Å². The fourth-order valence-corrected chi connectivity index (χ4v) is 3.40. The zero-order chi connectivity index (χ0) is 13.1. The lowest BCUT2D eigenvalue weighted by molar-refractivity contribution is 0.598. The molecule has 0 bridgehead atoms. The van der Waals surface area contributed by atoms with Crippen LogP contribution >= 0.6 is 7.80 Å². The average Bonchev–Trinajstić information content (AvgIpc) is 2.38. The summed E-state index contributed by atoms with van der Waals surface area (Å²) in [6, 6.07) is 15.7. The monoisotopic (exact) mass is 274 g/mol. The van der Waals surface area contributed by atoms with Gasteiger partial charge in [-0.15, -0.1) is 0 Å². The van der Waals surface area contributed by atoms with Crippen LogP contribution < -0.4 is 15.5 Å². The number of anilines is 1. The molecule has 1 atom stereocenters. The molecule has 3 heteroatoms. The van der Waals surface area contributed by atoms with Crippen LogP contribution in [-0.4, -0.2) is 14.1 Å². The van der Waals surface area contributed by atoms with Crippen LogP contribution in [0.25, 0.3) is 0 Å². The summed E-state index contributed by atoms with van der Waals surface area (Å²) in [7, 11) is 2.42. The third-order valence-electron chi connectivity index (χ3n) is 2.82. The van der Waals surface area contributed by atoms with Crippen molar-refractivity contribution in [3.05, 3.63) is 54.1 Å². The Morgan fingerprint density at radius 2 is 1.63 bits per heavy atom. The SMILES string of the molecule is C.Cc1ccc(N(C)C)c([P+](=O)c2ccccc2)c1. The minimum atomic E-state index is -1.53. The molecule has 2 aromatic carbocycles. The molecular formula is C16H21NOP+. The van der Waals surface area contributed by atoms with Crippen molar-refractivity contribution >= 4 is 24.1 Å². The molecule has 0 fully saturated rings. The van der Waals surface area contributed by atoms with Crippen molar-refractivity contribution < 1.29 is 4.57 Å². The molecule has 0 spiro atoms. The highest BCUT2D eigenvalue weighted by atomic mass is 31.1. The fourth-order valence-electron chi connectivity index (χ4n) is 1.88. The standard InChI is InChI=1S/C15H17NOP.CH4/c1-12-9-10-14(16(2)3)15(11-12)18(17)13-7-5-4-6-8-13;/h4-11H,1-3H3;1H4/q+1;. The Morgan fingerprint density at radius 1 is 1.00 bits per heavy atom. The highest BCUT2D eigenvalue weighted by Crippen LogP contribution is 2.26. The zero-order valence-electron chi connectivity index (χ0n) is 10.9. The van der Waals surface area contributed by atoms with E-state index in [1.54, 1.807) is 0 Å². The van der Waals surface area contributed by atoms with Gasteiger partial charge in [-0.2, -0.15) is 0 Å². The molecule has 0 aromatic heterocycles. The topological polar surface area (TPSA) is 20.3 Å². The van der Waals surface area contributed by atoms with Crippen LogP contribution in [0.2, 0.25) is 0 Å². The first-order valence-corrected chi connectivity index (χ1v) is 7.16. The van der Waals surface area contributed by atoms with E-state index in [2.05, 4.69) is 0 Å². The number of benzene rings is 2. The number of hydrogen-bond donors (Lipinski definition) is 0. The molecule has 0 aliphatic rings. The van der Waals surface area contributed by atoms with Crippen LogP contribution in [0.15, 0.2) is 48.5 Å². The molecule has 0 amide bonds. The van der Waals surface area contributed by atoms with E-state index in [0.717, 1.165) is 21.9 Å². The third kappa shape index (κ3) is 3.42. The van der Waals surface area contributed by atoms with Crippen molar-refractivity contribution in [2.45, 2.75) is 14.4 Å². The summed E-state index contributed by atoms with van der Waals surface area (Å²) in [6.45, 7) is 2.02. The Kier molecular flexibility index (Phi) is 5.26. The lowest BCUT2D eigenvalue weighted by Gasteiger charge is -2.12. The Bertz CT molecular complexity index is 564. The van der Waals surface area contributed by atoms with Gasteiger partial charge in [0, 0.05) is 14.1 Å². The van der Waals surface area contributed by atoms with Crippen LogP contribution in [0.3, 0.4) is 0 Å². The van der Waals surface area contributed by atoms with Crippen molar-refractivity contribution in [2.75, 3.05) is 19.0 Å². The summed E-state index contributed by atoms with van der Waals surface area (Å²) in [5, 5.41) is 1.78. The van der Waals surface area contributed by atoms with Gasteiger partial charge >= 0.3 is 7.80 Å².